The molecule has 1 aliphatic rings. The van der Waals surface area contributed by atoms with Gasteiger partial charge in [0, 0.05) is 29.7 Å². The Morgan fingerprint density at radius 1 is 1.43 bits per heavy atom. The summed E-state index contributed by atoms with van der Waals surface area (Å²) >= 11 is 9.37. The summed E-state index contributed by atoms with van der Waals surface area (Å²) in [7, 11) is 0. The SMILES string of the molecule is NCCCOC1CCN(C(=O)c2ccc(Br)c(Cl)c2)CC1. The lowest BCUT2D eigenvalue weighted by Gasteiger charge is -2.32. The monoisotopic (exact) mass is 374 g/mol. The number of halogens is 2. The quantitative estimate of drug-likeness (QED) is 0.805. The van der Waals surface area contributed by atoms with Gasteiger partial charge in [0.2, 0.25) is 0 Å². The van der Waals surface area contributed by atoms with Gasteiger partial charge in [-0.05, 0) is 59.9 Å². The van der Waals surface area contributed by atoms with Crippen LogP contribution in [0.3, 0.4) is 0 Å². The molecule has 0 aliphatic carbocycles. The molecule has 0 spiro atoms. The number of carbonyl (C=O) groups is 1. The van der Waals surface area contributed by atoms with Crippen LogP contribution in [0.2, 0.25) is 5.02 Å². The van der Waals surface area contributed by atoms with E-state index in [1.54, 1.807) is 18.2 Å². The molecule has 0 radical (unpaired) electrons. The predicted octanol–water partition coefficient (Wildman–Crippen LogP) is 3.07. The minimum atomic E-state index is 0.0322. The second-order valence-corrected chi connectivity index (χ2v) is 6.40. The van der Waals surface area contributed by atoms with Gasteiger partial charge in [-0.2, -0.15) is 0 Å². The van der Waals surface area contributed by atoms with Crippen LogP contribution in [0.15, 0.2) is 22.7 Å². The highest BCUT2D eigenvalue weighted by Crippen LogP contribution is 2.24. The summed E-state index contributed by atoms with van der Waals surface area (Å²) in [6.07, 6.45) is 2.88. The first-order chi connectivity index (χ1) is 10.1. The Balaban J connectivity index is 1.86. The van der Waals surface area contributed by atoms with Gasteiger partial charge in [-0.1, -0.05) is 11.6 Å². The first-order valence-electron chi connectivity index (χ1n) is 7.18. The standard InChI is InChI=1S/C15H20BrClN2O2/c16-13-3-2-11(10-14(13)17)15(20)19-7-4-12(5-8-19)21-9-1-6-18/h2-3,10,12H,1,4-9,18H2. The third kappa shape index (κ3) is 4.68. The molecule has 6 heteroatoms. The third-order valence-corrected chi connectivity index (χ3v) is 4.83. The first kappa shape index (κ1) is 16.7. The van der Waals surface area contributed by atoms with E-state index in [-0.39, 0.29) is 12.0 Å². The third-order valence-electron chi connectivity index (χ3n) is 3.60. The van der Waals surface area contributed by atoms with Crippen LogP contribution in [-0.2, 0) is 4.74 Å². The van der Waals surface area contributed by atoms with E-state index in [9.17, 15) is 4.79 Å². The van der Waals surface area contributed by atoms with Crippen molar-refractivity contribution in [1.29, 1.82) is 0 Å². The van der Waals surface area contributed by atoms with Crippen molar-refractivity contribution in [3.05, 3.63) is 33.3 Å². The zero-order valence-electron chi connectivity index (χ0n) is 11.9. The first-order valence-corrected chi connectivity index (χ1v) is 8.35. The van der Waals surface area contributed by atoms with Crippen molar-refractivity contribution in [2.24, 2.45) is 5.73 Å². The maximum Gasteiger partial charge on any atom is 0.253 e. The van der Waals surface area contributed by atoms with Crippen LogP contribution < -0.4 is 5.73 Å². The Morgan fingerprint density at radius 3 is 2.76 bits per heavy atom. The molecule has 1 saturated heterocycles. The number of carbonyl (C=O) groups excluding carboxylic acids is 1. The van der Waals surface area contributed by atoms with Crippen molar-refractivity contribution in [3.8, 4) is 0 Å². The summed E-state index contributed by atoms with van der Waals surface area (Å²) in [4.78, 5) is 14.3. The smallest absolute Gasteiger partial charge is 0.253 e. The van der Waals surface area contributed by atoms with Gasteiger partial charge in [0.15, 0.2) is 0 Å². The fourth-order valence-electron chi connectivity index (χ4n) is 2.37. The number of rotatable bonds is 5. The number of hydrogen-bond donors (Lipinski definition) is 1. The van der Waals surface area contributed by atoms with E-state index >= 15 is 0 Å². The average Bonchev–Trinajstić information content (AvgIpc) is 2.50. The molecule has 2 rings (SSSR count). The van der Waals surface area contributed by atoms with E-state index in [1.807, 2.05) is 4.90 Å². The van der Waals surface area contributed by atoms with E-state index in [2.05, 4.69) is 15.9 Å². The molecule has 2 N–H and O–H groups in total. The highest BCUT2D eigenvalue weighted by Gasteiger charge is 2.24. The Kier molecular flexibility index (Phi) is 6.48. The van der Waals surface area contributed by atoms with E-state index in [4.69, 9.17) is 22.1 Å². The van der Waals surface area contributed by atoms with Crippen LogP contribution >= 0.6 is 27.5 Å². The van der Waals surface area contributed by atoms with Crippen LogP contribution in [0.4, 0.5) is 0 Å². The summed E-state index contributed by atoms with van der Waals surface area (Å²) in [5.74, 6) is 0.0322. The molecule has 116 valence electrons. The lowest BCUT2D eigenvalue weighted by molar-refractivity contribution is 0.00845. The largest absolute Gasteiger partial charge is 0.378 e. The Bertz CT molecular complexity index is 491. The number of hydrogen-bond acceptors (Lipinski definition) is 3. The summed E-state index contributed by atoms with van der Waals surface area (Å²) in [6.45, 7) is 2.80. The molecule has 4 nitrogen and oxygen atoms in total. The number of benzene rings is 1. The van der Waals surface area contributed by atoms with Gasteiger partial charge in [-0.25, -0.2) is 0 Å². The average molecular weight is 376 g/mol. The number of nitrogens with two attached hydrogens (primary N) is 1. The second kappa shape index (κ2) is 8.13. The Morgan fingerprint density at radius 2 is 2.14 bits per heavy atom. The molecule has 1 aromatic rings. The Labute approximate surface area is 138 Å². The van der Waals surface area contributed by atoms with Gasteiger partial charge in [-0.3, -0.25) is 4.79 Å². The summed E-state index contributed by atoms with van der Waals surface area (Å²) in [6, 6.07) is 5.30. The number of ether oxygens (including phenoxy) is 1. The maximum absolute atomic E-state index is 12.4. The van der Waals surface area contributed by atoms with Crippen LogP contribution in [-0.4, -0.2) is 43.2 Å². The van der Waals surface area contributed by atoms with Crippen molar-refractivity contribution >= 4 is 33.4 Å². The minimum Gasteiger partial charge on any atom is -0.378 e. The lowest BCUT2D eigenvalue weighted by Crippen LogP contribution is -2.41. The van der Waals surface area contributed by atoms with E-state index in [1.165, 1.54) is 0 Å². The molecule has 0 saturated carbocycles. The fraction of sp³-hybridized carbons (Fsp3) is 0.533. The summed E-state index contributed by atoms with van der Waals surface area (Å²) < 4.78 is 6.55. The molecule has 0 atom stereocenters. The number of likely N-dealkylation sites (tertiary alicyclic amines) is 1. The number of piperidine rings is 1. The van der Waals surface area contributed by atoms with Crippen LogP contribution in [0.5, 0.6) is 0 Å². The van der Waals surface area contributed by atoms with E-state index in [0.29, 0.717) is 23.7 Å². The zero-order chi connectivity index (χ0) is 15.2. The van der Waals surface area contributed by atoms with Crippen molar-refractivity contribution in [3.63, 3.8) is 0 Å². The van der Waals surface area contributed by atoms with Gasteiger partial charge in [0.1, 0.15) is 0 Å². The molecule has 0 bridgehead atoms. The molecule has 1 heterocycles. The predicted molar refractivity (Wildman–Crippen MR) is 87.7 cm³/mol. The molecule has 21 heavy (non-hydrogen) atoms. The van der Waals surface area contributed by atoms with Crippen LogP contribution in [0, 0.1) is 0 Å². The minimum absolute atomic E-state index is 0.0322. The Hall–Kier alpha value is -0.620. The molecular weight excluding hydrogens is 356 g/mol. The molecule has 1 aliphatic heterocycles. The molecule has 0 aromatic heterocycles. The van der Waals surface area contributed by atoms with Crippen molar-refractivity contribution in [1.82, 2.24) is 4.90 Å². The lowest BCUT2D eigenvalue weighted by atomic mass is 10.1. The van der Waals surface area contributed by atoms with Crippen LogP contribution in [0.25, 0.3) is 0 Å². The summed E-state index contributed by atoms with van der Waals surface area (Å²) in [5, 5.41) is 0.556. The molecule has 0 unspecified atom stereocenters. The maximum atomic E-state index is 12.4. The van der Waals surface area contributed by atoms with Crippen LogP contribution in [0.1, 0.15) is 29.6 Å². The number of amides is 1. The molecule has 1 aromatic carbocycles. The van der Waals surface area contributed by atoms with Gasteiger partial charge in [-0.15, -0.1) is 0 Å². The topological polar surface area (TPSA) is 55.6 Å². The van der Waals surface area contributed by atoms with Gasteiger partial charge in [0.05, 0.1) is 11.1 Å². The molecular formula is C15H20BrClN2O2. The van der Waals surface area contributed by atoms with Crippen molar-refractivity contribution < 1.29 is 9.53 Å². The zero-order valence-corrected chi connectivity index (χ0v) is 14.2. The highest BCUT2D eigenvalue weighted by atomic mass is 79.9. The molecule has 1 amide bonds. The van der Waals surface area contributed by atoms with Crippen molar-refractivity contribution in [2.75, 3.05) is 26.2 Å². The highest BCUT2D eigenvalue weighted by molar-refractivity contribution is 9.10. The van der Waals surface area contributed by atoms with E-state index < -0.39 is 0 Å². The summed E-state index contributed by atoms with van der Waals surface area (Å²) in [5.41, 5.74) is 6.08. The van der Waals surface area contributed by atoms with Gasteiger partial charge >= 0.3 is 0 Å². The molecule has 1 fully saturated rings. The van der Waals surface area contributed by atoms with Crippen molar-refractivity contribution in [2.45, 2.75) is 25.4 Å². The number of nitrogens with zero attached hydrogens (tertiary/aromatic N) is 1. The normalized spacial score (nSPS) is 16.2. The van der Waals surface area contributed by atoms with Gasteiger partial charge in [0.25, 0.3) is 5.91 Å². The van der Waals surface area contributed by atoms with Gasteiger partial charge < -0.3 is 15.4 Å². The van der Waals surface area contributed by atoms with E-state index in [0.717, 1.165) is 36.8 Å². The second-order valence-electron chi connectivity index (χ2n) is 5.13. The fourth-order valence-corrected chi connectivity index (χ4v) is 2.80.